The fourth-order valence-electron chi connectivity index (χ4n) is 1.37. The van der Waals surface area contributed by atoms with E-state index in [-0.39, 0.29) is 12.1 Å². The Kier molecular flexibility index (Phi) is 4.43. The first-order valence-corrected chi connectivity index (χ1v) is 5.48. The lowest BCUT2D eigenvalue weighted by Crippen LogP contribution is -2.30. The van der Waals surface area contributed by atoms with Gasteiger partial charge in [-0.15, -0.1) is 0 Å². The van der Waals surface area contributed by atoms with Crippen LogP contribution in [0.2, 0.25) is 0 Å². The lowest BCUT2D eigenvalue weighted by Gasteiger charge is -2.09. The molecule has 1 saturated heterocycles. The van der Waals surface area contributed by atoms with E-state index in [4.69, 9.17) is 5.26 Å². The number of imide groups is 1. The zero-order chi connectivity index (χ0) is 13.7. The van der Waals surface area contributed by atoms with Crippen LogP contribution in [0.5, 0.6) is 0 Å². The maximum Gasteiger partial charge on any atom is 0.331 e. The van der Waals surface area contributed by atoms with Gasteiger partial charge in [0.25, 0.3) is 11.8 Å². The molecule has 0 aromatic carbocycles. The molecule has 0 aliphatic carbocycles. The Labute approximate surface area is 105 Å². The number of rotatable bonds is 4. The minimum absolute atomic E-state index is 0.0510. The van der Waals surface area contributed by atoms with Gasteiger partial charge in [-0.2, -0.15) is 5.26 Å². The van der Waals surface area contributed by atoms with E-state index in [1.54, 1.807) is 6.07 Å². The number of hydrogen-bond acceptors (Lipinski definition) is 4. The number of hydrogen-bond donors (Lipinski definition) is 1. The lowest BCUT2D eigenvalue weighted by molar-refractivity contribution is -0.123. The molecular weight excluding hydrogens is 236 g/mol. The third-order valence-electron chi connectivity index (χ3n) is 2.33. The summed E-state index contributed by atoms with van der Waals surface area (Å²) >= 11 is 0. The molecule has 0 aromatic rings. The molecule has 7 nitrogen and oxygen atoms in total. The highest BCUT2D eigenvalue weighted by atomic mass is 16.2. The summed E-state index contributed by atoms with van der Waals surface area (Å²) in [4.78, 5) is 36.5. The van der Waals surface area contributed by atoms with Crippen LogP contribution in [0.15, 0.2) is 11.8 Å². The number of nitrogens with one attached hydrogen (secondary N) is 1. The van der Waals surface area contributed by atoms with Crippen LogP contribution in [-0.2, 0) is 9.59 Å². The Bertz CT molecular complexity index is 450. The monoisotopic (exact) mass is 250 g/mol. The van der Waals surface area contributed by atoms with Crippen LogP contribution in [0.4, 0.5) is 4.79 Å². The Hall–Kier alpha value is -2.36. The highest BCUT2D eigenvalue weighted by molar-refractivity contribution is 6.05. The summed E-state index contributed by atoms with van der Waals surface area (Å²) in [6.45, 7) is 2.25. The van der Waals surface area contributed by atoms with Gasteiger partial charge in [-0.05, 0) is 6.42 Å². The summed E-state index contributed by atoms with van der Waals surface area (Å²) in [5.41, 5.74) is -0.263. The number of likely N-dealkylation sites (N-methyl/N-ethyl adjacent to an activating group) is 1. The highest BCUT2D eigenvalue weighted by Crippen LogP contribution is 2.10. The smallest absolute Gasteiger partial charge is 0.331 e. The normalized spacial score (nSPS) is 15.9. The SMILES string of the molecule is CCCNC(=O)/C(C#N)=C\N1C(=O)CN(C)C1=O. The quantitative estimate of drug-likeness (QED) is 0.425. The van der Waals surface area contributed by atoms with Gasteiger partial charge in [0.15, 0.2) is 0 Å². The van der Waals surface area contributed by atoms with Crippen molar-refractivity contribution in [3.63, 3.8) is 0 Å². The molecule has 1 aliphatic heterocycles. The Morgan fingerprint density at radius 2 is 2.22 bits per heavy atom. The van der Waals surface area contributed by atoms with Gasteiger partial charge in [0.2, 0.25) is 0 Å². The molecule has 0 unspecified atom stereocenters. The molecule has 0 saturated carbocycles. The number of carbonyl (C=O) groups excluding carboxylic acids is 3. The van der Waals surface area contributed by atoms with Gasteiger partial charge >= 0.3 is 6.03 Å². The van der Waals surface area contributed by atoms with Crippen molar-refractivity contribution in [1.82, 2.24) is 15.1 Å². The van der Waals surface area contributed by atoms with Crippen molar-refractivity contribution in [2.45, 2.75) is 13.3 Å². The molecule has 1 heterocycles. The van der Waals surface area contributed by atoms with Gasteiger partial charge in [0.1, 0.15) is 18.2 Å². The predicted octanol–water partition coefficient (Wildman–Crippen LogP) is -0.186. The van der Waals surface area contributed by atoms with E-state index < -0.39 is 17.8 Å². The number of carbonyl (C=O) groups is 3. The summed E-state index contributed by atoms with van der Waals surface area (Å²) in [5.74, 6) is -1.05. The fraction of sp³-hybridized carbons (Fsp3) is 0.455. The van der Waals surface area contributed by atoms with Crippen LogP contribution in [0.3, 0.4) is 0 Å². The van der Waals surface area contributed by atoms with Crippen LogP contribution in [0, 0.1) is 11.3 Å². The second kappa shape index (κ2) is 5.82. The second-order valence-electron chi connectivity index (χ2n) is 3.81. The molecule has 0 atom stereocenters. The first-order chi connectivity index (χ1) is 8.51. The average molecular weight is 250 g/mol. The first-order valence-electron chi connectivity index (χ1n) is 5.48. The first kappa shape index (κ1) is 13.7. The van der Waals surface area contributed by atoms with Crippen molar-refractivity contribution in [1.29, 1.82) is 5.26 Å². The summed E-state index contributed by atoms with van der Waals surface area (Å²) < 4.78 is 0. The molecule has 1 rings (SSSR count). The highest BCUT2D eigenvalue weighted by Gasteiger charge is 2.33. The van der Waals surface area contributed by atoms with Gasteiger partial charge in [-0.1, -0.05) is 6.92 Å². The molecule has 1 fully saturated rings. The van der Waals surface area contributed by atoms with E-state index in [0.29, 0.717) is 6.54 Å². The molecule has 0 spiro atoms. The van der Waals surface area contributed by atoms with Crippen molar-refractivity contribution in [2.75, 3.05) is 20.1 Å². The van der Waals surface area contributed by atoms with E-state index in [1.165, 1.54) is 11.9 Å². The molecule has 96 valence electrons. The van der Waals surface area contributed by atoms with Crippen LogP contribution in [0.1, 0.15) is 13.3 Å². The molecule has 18 heavy (non-hydrogen) atoms. The van der Waals surface area contributed by atoms with Crippen LogP contribution in [0.25, 0.3) is 0 Å². The van der Waals surface area contributed by atoms with Gasteiger partial charge < -0.3 is 10.2 Å². The van der Waals surface area contributed by atoms with Crippen molar-refractivity contribution in [2.24, 2.45) is 0 Å². The van der Waals surface area contributed by atoms with E-state index in [9.17, 15) is 14.4 Å². The van der Waals surface area contributed by atoms with Crippen LogP contribution >= 0.6 is 0 Å². The van der Waals surface area contributed by atoms with Crippen molar-refractivity contribution < 1.29 is 14.4 Å². The zero-order valence-corrected chi connectivity index (χ0v) is 10.3. The number of amides is 4. The zero-order valence-electron chi connectivity index (χ0n) is 10.3. The van der Waals surface area contributed by atoms with Gasteiger partial charge in [-0.25, -0.2) is 9.69 Å². The minimum atomic E-state index is -0.588. The molecule has 0 bridgehead atoms. The Morgan fingerprint density at radius 1 is 1.56 bits per heavy atom. The number of urea groups is 1. The molecule has 0 radical (unpaired) electrons. The average Bonchev–Trinajstić information content (AvgIpc) is 2.58. The van der Waals surface area contributed by atoms with E-state index >= 15 is 0 Å². The third kappa shape index (κ3) is 2.85. The number of nitriles is 1. The van der Waals surface area contributed by atoms with Gasteiger partial charge in [-0.3, -0.25) is 9.59 Å². The van der Waals surface area contributed by atoms with E-state index in [0.717, 1.165) is 17.5 Å². The lowest BCUT2D eigenvalue weighted by atomic mass is 10.3. The third-order valence-corrected chi connectivity index (χ3v) is 2.33. The molecule has 1 N–H and O–H groups in total. The van der Waals surface area contributed by atoms with Crippen LogP contribution in [-0.4, -0.2) is 47.8 Å². The summed E-state index contributed by atoms with van der Waals surface area (Å²) in [6, 6.07) is 1.13. The van der Waals surface area contributed by atoms with Gasteiger partial charge in [0.05, 0.1) is 0 Å². The van der Waals surface area contributed by atoms with E-state index in [2.05, 4.69) is 5.32 Å². The standard InChI is InChI=1S/C11H14N4O3/c1-3-4-13-10(17)8(5-12)6-15-9(16)7-14(2)11(15)18/h6H,3-4,7H2,1-2H3,(H,13,17)/b8-6-. The predicted molar refractivity (Wildman–Crippen MR) is 61.9 cm³/mol. The minimum Gasteiger partial charge on any atom is -0.351 e. The summed E-state index contributed by atoms with van der Waals surface area (Å²) in [6.07, 6.45) is 1.72. The molecule has 4 amide bonds. The summed E-state index contributed by atoms with van der Waals surface area (Å²) in [7, 11) is 1.47. The van der Waals surface area contributed by atoms with E-state index in [1.807, 2.05) is 6.92 Å². The largest absolute Gasteiger partial charge is 0.351 e. The van der Waals surface area contributed by atoms with Crippen molar-refractivity contribution in [3.8, 4) is 6.07 Å². The molecule has 7 heteroatoms. The fourth-order valence-corrected chi connectivity index (χ4v) is 1.37. The molecular formula is C11H14N4O3. The maximum absolute atomic E-state index is 11.6. The summed E-state index contributed by atoms with van der Waals surface area (Å²) in [5, 5.41) is 11.4. The van der Waals surface area contributed by atoms with Crippen molar-refractivity contribution >= 4 is 17.8 Å². The van der Waals surface area contributed by atoms with Crippen molar-refractivity contribution in [3.05, 3.63) is 11.8 Å². The Morgan fingerprint density at radius 3 is 2.67 bits per heavy atom. The molecule has 0 aromatic heterocycles. The second-order valence-corrected chi connectivity index (χ2v) is 3.81. The maximum atomic E-state index is 11.6. The Balaban J connectivity index is 2.86. The topological polar surface area (TPSA) is 93.5 Å². The number of nitrogens with zero attached hydrogens (tertiary/aromatic N) is 3. The van der Waals surface area contributed by atoms with Gasteiger partial charge in [0, 0.05) is 19.8 Å². The molecule has 1 aliphatic rings. The van der Waals surface area contributed by atoms with Crippen LogP contribution < -0.4 is 5.32 Å².